The van der Waals surface area contributed by atoms with Crippen LogP contribution < -0.4 is 4.74 Å². The summed E-state index contributed by atoms with van der Waals surface area (Å²) >= 11 is 0. The quantitative estimate of drug-likeness (QED) is 0.296. The van der Waals surface area contributed by atoms with Crippen LogP contribution in [0.1, 0.15) is 65.9 Å². The van der Waals surface area contributed by atoms with Gasteiger partial charge in [-0.3, -0.25) is 4.90 Å². The molecule has 1 fully saturated rings. The van der Waals surface area contributed by atoms with Crippen molar-refractivity contribution in [2.75, 3.05) is 20.8 Å². The molecule has 0 spiro atoms. The normalized spacial score (nSPS) is 24.0. The smallest absolute Gasteiger partial charge is 0.410 e. The third-order valence-electron chi connectivity index (χ3n) is 6.84. The van der Waals surface area contributed by atoms with Crippen molar-refractivity contribution >= 4 is 12.1 Å². The highest BCUT2D eigenvalue weighted by molar-refractivity contribution is 5.81. The van der Waals surface area contributed by atoms with Gasteiger partial charge in [0.2, 0.25) is 5.92 Å². The van der Waals surface area contributed by atoms with Crippen LogP contribution in [0, 0.1) is 11.3 Å². The first kappa shape index (κ1) is 31.8. The van der Waals surface area contributed by atoms with Crippen LogP contribution in [0.25, 0.3) is 0 Å². The topological polar surface area (TPSA) is 94.5 Å². The van der Waals surface area contributed by atoms with E-state index in [2.05, 4.69) is 0 Å². The Bertz CT molecular complexity index is 898. The van der Waals surface area contributed by atoms with E-state index >= 15 is 0 Å². The fourth-order valence-corrected chi connectivity index (χ4v) is 5.03. The molecule has 0 aromatic heterocycles. The lowest BCUT2D eigenvalue weighted by Crippen LogP contribution is -2.56. The van der Waals surface area contributed by atoms with Crippen LogP contribution in [-0.4, -0.2) is 73.3 Å². The summed E-state index contributed by atoms with van der Waals surface area (Å²) in [5, 5.41) is 10.1. The fourth-order valence-electron chi connectivity index (χ4n) is 5.03. The zero-order valence-electron chi connectivity index (χ0n) is 23.5. The molecule has 1 unspecified atom stereocenters. The molecule has 0 aliphatic carbocycles. The standard InChI is InChI=1S/C28H43F2NO7/c1-18-23(37-16-15-28(5,29)30)20(17-19-11-13-21(35-6)14-12-19)9-8-10-22(24(32)38-18)31(26(33)34)25(36-7)27(2,3)4/h11-14,18,20,22-23,25H,8-10,15-17H2,1-7H3,(H,33,34)/t18-,20+,22-,23-,25?/m0/s1. The van der Waals surface area contributed by atoms with Gasteiger partial charge in [-0.1, -0.05) is 39.3 Å². The van der Waals surface area contributed by atoms with Crippen molar-refractivity contribution in [1.82, 2.24) is 4.90 Å². The highest BCUT2D eigenvalue weighted by atomic mass is 19.3. The van der Waals surface area contributed by atoms with Gasteiger partial charge in [0, 0.05) is 18.9 Å². The van der Waals surface area contributed by atoms with Crippen molar-refractivity contribution in [3.63, 3.8) is 0 Å². The van der Waals surface area contributed by atoms with E-state index in [1.165, 1.54) is 7.11 Å². The van der Waals surface area contributed by atoms with Crippen LogP contribution in [0.5, 0.6) is 5.75 Å². The lowest BCUT2D eigenvalue weighted by atomic mass is 9.86. The van der Waals surface area contributed by atoms with Gasteiger partial charge in [0.15, 0.2) is 0 Å². The number of benzene rings is 1. The first-order valence-corrected chi connectivity index (χ1v) is 13.0. The number of cyclic esters (lactones) is 1. The average Bonchev–Trinajstić information content (AvgIpc) is 2.85. The summed E-state index contributed by atoms with van der Waals surface area (Å²) in [5.74, 6) is -3.04. The molecule has 8 nitrogen and oxygen atoms in total. The Labute approximate surface area is 224 Å². The molecule has 1 saturated heterocycles. The van der Waals surface area contributed by atoms with Crippen LogP contribution in [0.2, 0.25) is 0 Å². The van der Waals surface area contributed by atoms with Crippen molar-refractivity contribution in [3.8, 4) is 5.75 Å². The number of halogens is 2. The number of amides is 1. The summed E-state index contributed by atoms with van der Waals surface area (Å²) in [4.78, 5) is 26.7. The molecule has 0 radical (unpaired) electrons. The van der Waals surface area contributed by atoms with E-state index in [4.69, 9.17) is 18.9 Å². The molecule has 1 aliphatic rings. The lowest BCUT2D eigenvalue weighted by Gasteiger charge is -2.40. The number of ether oxygens (including phenoxy) is 4. The number of methoxy groups -OCH3 is 2. The van der Waals surface area contributed by atoms with Gasteiger partial charge in [-0.15, -0.1) is 0 Å². The molecule has 1 amide bonds. The molecule has 1 aromatic carbocycles. The Kier molecular flexibility index (Phi) is 11.3. The van der Waals surface area contributed by atoms with Gasteiger partial charge in [-0.25, -0.2) is 18.4 Å². The molecule has 1 N–H and O–H groups in total. The average molecular weight is 544 g/mol. The summed E-state index contributed by atoms with van der Waals surface area (Å²) in [6.45, 7) is 7.80. The van der Waals surface area contributed by atoms with E-state index in [0.29, 0.717) is 25.0 Å². The molecule has 1 aliphatic heterocycles. The van der Waals surface area contributed by atoms with E-state index in [-0.39, 0.29) is 18.9 Å². The van der Waals surface area contributed by atoms with Crippen LogP contribution in [0.15, 0.2) is 24.3 Å². The van der Waals surface area contributed by atoms with Crippen molar-refractivity contribution in [1.29, 1.82) is 0 Å². The van der Waals surface area contributed by atoms with Crippen molar-refractivity contribution < 1.29 is 42.4 Å². The van der Waals surface area contributed by atoms with Gasteiger partial charge >= 0.3 is 12.1 Å². The van der Waals surface area contributed by atoms with Crippen molar-refractivity contribution in [3.05, 3.63) is 29.8 Å². The van der Waals surface area contributed by atoms with Crippen LogP contribution in [-0.2, 0) is 25.4 Å². The number of carbonyl (C=O) groups is 2. The molecular formula is C28H43F2NO7. The summed E-state index contributed by atoms with van der Waals surface area (Å²) in [6, 6.07) is 6.47. The minimum atomic E-state index is -2.89. The van der Waals surface area contributed by atoms with Gasteiger partial charge in [0.05, 0.1) is 19.8 Å². The largest absolute Gasteiger partial charge is 0.497 e. The Hall–Kier alpha value is -2.46. The van der Waals surface area contributed by atoms with E-state index in [1.807, 2.05) is 45.0 Å². The summed E-state index contributed by atoms with van der Waals surface area (Å²) in [5.41, 5.74) is 0.393. The Morgan fingerprint density at radius 2 is 1.79 bits per heavy atom. The molecule has 0 bridgehead atoms. The highest BCUT2D eigenvalue weighted by Crippen LogP contribution is 2.33. The first-order valence-electron chi connectivity index (χ1n) is 13.0. The number of nitrogens with zero attached hydrogens (tertiary/aromatic N) is 1. The number of hydrogen-bond donors (Lipinski definition) is 1. The number of esters is 1. The second-order valence-corrected chi connectivity index (χ2v) is 11.2. The SMILES string of the molecule is COc1ccc(C[C@H]2CCC[C@H](N(C(=O)O)C(OC)C(C)(C)C)C(=O)O[C@@H](C)[C@@H]2OCCC(C)(F)F)cc1. The summed E-state index contributed by atoms with van der Waals surface area (Å²) < 4.78 is 49.6. The van der Waals surface area contributed by atoms with E-state index < -0.39 is 54.3 Å². The second kappa shape index (κ2) is 13.6. The maximum Gasteiger partial charge on any atom is 0.410 e. The number of carbonyl (C=O) groups excluding carboxylic acids is 1. The molecule has 5 atom stereocenters. The van der Waals surface area contributed by atoms with E-state index in [0.717, 1.165) is 17.4 Å². The molecule has 38 heavy (non-hydrogen) atoms. The highest BCUT2D eigenvalue weighted by Gasteiger charge is 2.44. The molecule has 1 heterocycles. The molecule has 216 valence electrons. The van der Waals surface area contributed by atoms with Gasteiger partial charge in [0.1, 0.15) is 24.1 Å². The first-order chi connectivity index (χ1) is 17.7. The number of hydrogen-bond acceptors (Lipinski definition) is 6. The minimum Gasteiger partial charge on any atom is -0.497 e. The van der Waals surface area contributed by atoms with Crippen molar-refractivity contribution in [2.24, 2.45) is 11.3 Å². The predicted molar refractivity (Wildman–Crippen MR) is 138 cm³/mol. The molecule has 10 heteroatoms. The third-order valence-corrected chi connectivity index (χ3v) is 6.84. The third kappa shape index (κ3) is 9.08. The van der Waals surface area contributed by atoms with Gasteiger partial charge in [-0.2, -0.15) is 0 Å². The number of alkyl halides is 2. The Morgan fingerprint density at radius 1 is 1.16 bits per heavy atom. The van der Waals surface area contributed by atoms with Crippen molar-refractivity contribution in [2.45, 2.75) is 97.1 Å². The zero-order chi connectivity index (χ0) is 28.7. The maximum absolute atomic E-state index is 13.5. The van der Waals surface area contributed by atoms with Gasteiger partial charge < -0.3 is 24.1 Å². The second-order valence-electron chi connectivity index (χ2n) is 11.2. The Morgan fingerprint density at radius 3 is 2.29 bits per heavy atom. The minimum absolute atomic E-state index is 0.158. The van der Waals surface area contributed by atoms with E-state index in [9.17, 15) is 23.5 Å². The monoisotopic (exact) mass is 543 g/mol. The summed E-state index contributed by atoms with van der Waals surface area (Å²) in [7, 11) is 2.99. The number of rotatable bonds is 10. The maximum atomic E-state index is 13.5. The Balaban J connectivity index is 2.37. The van der Waals surface area contributed by atoms with E-state index in [1.54, 1.807) is 14.0 Å². The van der Waals surface area contributed by atoms with Crippen LogP contribution >= 0.6 is 0 Å². The summed E-state index contributed by atoms with van der Waals surface area (Å²) in [6.07, 6.45) is -2.20. The molecular weight excluding hydrogens is 500 g/mol. The van der Waals surface area contributed by atoms with Crippen LogP contribution in [0.3, 0.4) is 0 Å². The molecule has 1 aromatic rings. The number of carboxylic acid groups (broad SMARTS) is 1. The fraction of sp³-hybridized carbons (Fsp3) is 0.714. The van der Waals surface area contributed by atoms with Gasteiger partial charge in [-0.05, 0) is 56.7 Å². The predicted octanol–water partition coefficient (Wildman–Crippen LogP) is 5.77. The van der Waals surface area contributed by atoms with Gasteiger partial charge in [0.25, 0.3) is 0 Å². The molecule has 0 saturated carbocycles. The lowest BCUT2D eigenvalue weighted by molar-refractivity contribution is -0.173. The van der Waals surface area contributed by atoms with Crippen LogP contribution in [0.4, 0.5) is 13.6 Å². The zero-order valence-corrected chi connectivity index (χ0v) is 23.5. The molecule has 2 rings (SSSR count).